The molecule has 1 fully saturated rings. The van der Waals surface area contributed by atoms with Gasteiger partial charge in [0.15, 0.2) is 0 Å². The molecule has 1 aliphatic rings. The number of hydrogen-bond acceptors (Lipinski definition) is 4. The van der Waals surface area contributed by atoms with Gasteiger partial charge in [-0.05, 0) is 47.4 Å². The SMILES string of the molecule is CC(NC(=O)/C=C/c1ccc(S(=O)(=O)N2CCOCC2)cc1)c1ccc(-c2ccccc2)cc1. The standard InChI is InChI=1S/C27H28N2O4S/c1-21(23-10-12-25(13-11-23)24-5-3-2-4-6-24)28-27(30)16-9-22-7-14-26(15-8-22)34(31,32)29-17-19-33-20-18-29/h2-16,21H,17-20H2,1H3,(H,28,30)/b16-9+. The minimum absolute atomic E-state index is 0.150. The quantitative estimate of drug-likeness (QED) is 0.517. The van der Waals surface area contributed by atoms with Gasteiger partial charge >= 0.3 is 0 Å². The zero-order valence-corrected chi connectivity index (χ0v) is 19.9. The number of carbonyl (C=O) groups excluding carboxylic acids is 1. The molecule has 1 heterocycles. The van der Waals surface area contributed by atoms with E-state index in [1.54, 1.807) is 30.3 Å². The van der Waals surface area contributed by atoms with Crippen LogP contribution in [-0.2, 0) is 19.6 Å². The lowest BCUT2D eigenvalue weighted by atomic mass is 10.0. The first-order valence-corrected chi connectivity index (χ1v) is 12.7. The smallest absolute Gasteiger partial charge is 0.244 e. The summed E-state index contributed by atoms with van der Waals surface area (Å²) in [5, 5.41) is 2.96. The third kappa shape index (κ3) is 5.80. The number of ether oxygens (including phenoxy) is 1. The predicted molar refractivity (Wildman–Crippen MR) is 133 cm³/mol. The molecule has 1 atom stereocenters. The number of sulfonamides is 1. The molecule has 1 unspecified atom stereocenters. The van der Waals surface area contributed by atoms with Crippen LogP contribution in [0.4, 0.5) is 0 Å². The van der Waals surface area contributed by atoms with Gasteiger partial charge in [-0.3, -0.25) is 4.79 Å². The van der Waals surface area contributed by atoms with Crippen molar-refractivity contribution in [2.75, 3.05) is 26.3 Å². The second kappa shape index (κ2) is 10.8. The molecule has 1 N–H and O–H groups in total. The number of nitrogens with zero attached hydrogens (tertiary/aromatic N) is 1. The molecule has 34 heavy (non-hydrogen) atoms. The minimum Gasteiger partial charge on any atom is -0.379 e. The van der Waals surface area contributed by atoms with Gasteiger partial charge < -0.3 is 10.1 Å². The molecule has 6 nitrogen and oxygen atoms in total. The van der Waals surface area contributed by atoms with Crippen LogP contribution >= 0.6 is 0 Å². The molecule has 1 aliphatic heterocycles. The lowest BCUT2D eigenvalue weighted by Gasteiger charge is -2.26. The van der Waals surface area contributed by atoms with Crippen molar-refractivity contribution in [2.45, 2.75) is 17.9 Å². The highest BCUT2D eigenvalue weighted by atomic mass is 32.2. The molecule has 3 aromatic carbocycles. The Balaban J connectivity index is 1.34. The molecular weight excluding hydrogens is 448 g/mol. The highest BCUT2D eigenvalue weighted by Crippen LogP contribution is 2.22. The average molecular weight is 477 g/mol. The number of benzene rings is 3. The van der Waals surface area contributed by atoms with Gasteiger partial charge in [0, 0.05) is 19.2 Å². The zero-order chi connectivity index (χ0) is 24.0. The van der Waals surface area contributed by atoms with Gasteiger partial charge in [0.2, 0.25) is 15.9 Å². The molecule has 3 aromatic rings. The first-order chi connectivity index (χ1) is 16.4. The third-order valence-corrected chi connectivity index (χ3v) is 7.70. The van der Waals surface area contributed by atoms with Crippen LogP contribution in [0, 0.1) is 0 Å². The molecule has 7 heteroatoms. The molecule has 0 aromatic heterocycles. The van der Waals surface area contributed by atoms with E-state index in [2.05, 4.69) is 29.6 Å². The molecule has 4 rings (SSSR count). The van der Waals surface area contributed by atoms with E-state index in [1.165, 1.54) is 10.4 Å². The van der Waals surface area contributed by atoms with E-state index in [-0.39, 0.29) is 16.8 Å². The van der Waals surface area contributed by atoms with Crippen molar-refractivity contribution >= 4 is 22.0 Å². The molecule has 0 aliphatic carbocycles. The Morgan fingerprint density at radius 1 is 0.912 bits per heavy atom. The number of nitrogens with one attached hydrogen (secondary N) is 1. The second-order valence-corrected chi connectivity index (χ2v) is 10.1. The number of morpholine rings is 1. The summed E-state index contributed by atoms with van der Waals surface area (Å²) in [6.07, 6.45) is 3.13. The van der Waals surface area contributed by atoms with Crippen LogP contribution in [-0.4, -0.2) is 44.9 Å². The minimum atomic E-state index is -3.53. The van der Waals surface area contributed by atoms with Crippen molar-refractivity contribution in [1.29, 1.82) is 0 Å². The molecule has 0 bridgehead atoms. The third-order valence-electron chi connectivity index (χ3n) is 5.79. The van der Waals surface area contributed by atoms with Crippen molar-refractivity contribution in [2.24, 2.45) is 0 Å². The van der Waals surface area contributed by atoms with E-state index >= 15 is 0 Å². The largest absolute Gasteiger partial charge is 0.379 e. The summed E-state index contributed by atoms with van der Waals surface area (Å²) in [6.45, 7) is 3.47. The highest BCUT2D eigenvalue weighted by molar-refractivity contribution is 7.89. The summed E-state index contributed by atoms with van der Waals surface area (Å²) >= 11 is 0. The molecule has 176 valence electrons. The Morgan fingerprint density at radius 3 is 2.18 bits per heavy atom. The molecule has 0 saturated carbocycles. The maximum atomic E-state index is 12.7. The maximum absolute atomic E-state index is 12.7. The van der Waals surface area contributed by atoms with Crippen molar-refractivity contribution < 1.29 is 17.9 Å². The van der Waals surface area contributed by atoms with Crippen LogP contribution in [0.2, 0.25) is 0 Å². The Labute approximate surface area is 200 Å². The van der Waals surface area contributed by atoms with E-state index in [1.807, 2.05) is 37.3 Å². The van der Waals surface area contributed by atoms with Gasteiger partial charge in [-0.25, -0.2) is 8.42 Å². The Hall–Kier alpha value is -3.26. The summed E-state index contributed by atoms with van der Waals surface area (Å²) in [6, 6.07) is 24.7. The van der Waals surface area contributed by atoms with Crippen molar-refractivity contribution in [1.82, 2.24) is 9.62 Å². The van der Waals surface area contributed by atoms with Crippen molar-refractivity contribution in [3.05, 3.63) is 96.1 Å². The average Bonchev–Trinajstić information content (AvgIpc) is 2.89. The van der Waals surface area contributed by atoms with E-state index in [4.69, 9.17) is 4.74 Å². The fourth-order valence-corrected chi connectivity index (χ4v) is 5.21. The van der Waals surface area contributed by atoms with Crippen LogP contribution in [0.1, 0.15) is 24.1 Å². The topological polar surface area (TPSA) is 75.7 Å². The lowest BCUT2D eigenvalue weighted by molar-refractivity contribution is -0.117. The summed E-state index contributed by atoms with van der Waals surface area (Å²) in [5.41, 5.74) is 4.04. The van der Waals surface area contributed by atoms with Gasteiger partial charge in [0.25, 0.3) is 0 Å². The van der Waals surface area contributed by atoms with Crippen LogP contribution in [0.15, 0.2) is 89.8 Å². The lowest BCUT2D eigenvalue weighted by Crippen LogP contribution is -2.40. The predicted octanol–water partition coefficient (Wildman–Crippen LogP) is 4.27. The van der Waals surface area contributed by atoms with Gasteiger partial charge in [-0.2, -0.15) is 4.31 Å². The van der Waals surface area contributed by atoms with Gasteiger partial charge in [0.05, 0.1) is 24.2 Å². The van der Waals surface area contributed by atoms with Crippen LogP contribution in [0.5, 0.6) is 0 Å². The molecule has 1 saturated heterocycles. The first kappa shape index (κ1) is 23.9. The van der Waals surface area contributed by atoms with E-state index in [0.717, 1.165) is 22.3 Å². The summed E-state index contributed by atoms with van der Waals surface area (Å²) in [5.74, 6) is -0.218. The van der Waals surface area contributed by atoms with E-state index in [0.29, 0.717) is 26.3 Å². The zero-order valence-electron chi connectivity index (χ0n) is 19.1. The Kier molecular flexibility index (Phi) is 7.57. The molecule has 0 spiro atoms. The van der Waals surface area contributed by atoms with Crippen molar-refractivity contribution in [3.63, 3.8) is 0 Å². The number of rotatable bonds is 7. The number of amides is 1. The monoisotopic (exact) mass is 476 g/mol. The fourth-order valence-electron chi connectivity index (χ4n) is 3.80. The first-order valence-electron chi connectivity index (χ1n) is 11.3. The molecule has 0 radical (unpaired) electrons. The normalized spacial score (nSPS) is 15.8. The molecule has 1 amide bonds. The number of hydrogen-bond donors (Lipinski definition) is 1. The highest BCUT2D eigenvalue weighted by Gasteiger charge is 2.25. The Bertz CT molecular complexity index is 1230. The van der Waals surface area contributed by atoms with Gasteiger partial charge in [-0.1, -0.05) is 66.7 Å². The second-order valence-electron chi connectivity index (χ2n) is 8.14. The summed E-state index contributed by atoms with van der Waals surface area (Å²) < 4.78 is 32.1. The van der Waals surface area contributed by atoms with Crippen LogP contribution in [0.3, 0.4) is 0 Å². The summed E-state index contributed by atoms with van der Waals surface area (Å²) in [7, 11) is -3.53. The van der Waals surface area contributed by atoms with Gasteiger partial charge in [-0.15, -0.1) is 0 Å². The fraction of sp³-hybridized carbons (Fsp3) is 0.222. The Morgan fingerprint density at radius 2 is 1.53 bits per heavy atom. The summed E-state index contributed by atoms with van der Waals surface area (Å²) in [4.78, 5) is 12.6. The maximum Gasteiger partial charge on any atom is 0.244 e. The van der Waals surface area contributed by atoms with Crippen LogP contribution < -0.4 is 5.32 Å². The van der Waals surface area contributed by atoms with Crippen LogP contribution in [0.25, 0.3) is 17.2 Å². The van der Waals surface area contributed by atoms with Crippen molar-refractivity contribution in [3.8, 4) is 11.1 Å². The number of carbonyl (C=O) groups is 1. The van der Waals surface area contributed by atoms with Gasteiger partial charge in [0.1, 0.15) is 0 Å². The molecular formula is C27H28N2O4S. The van der Waals surface area contributed by atoms with E-state index < -0.39 is 10.0 Å². The van der Waals surface area contributed by atoms with E-state index in [9.17, 15) is 13.2 Å².